The van der Waals surface area contributed by atoms with Crippen molar-refractivity contribution in [2.24, 2.45) is 5.73 Å². The number of quaternary nitrogens is 1. The maximum absolute atomic E-state index is 10.2. The van der Waals surface area contributed by atoms with Crippen molar-refractivity contribution in [2.45, 2.75) is 6.92 Å². The van der Waals surface area contributed by atoms with E-state index >= 15 is 0 Å². The molecule has 1 amide bonds. The van der Waals surface area contributed by atoms with Gasteiger partial charge in [0, 0.05) is 5.57 Å². The first-order valence-electron chi connectivity index (χ1n) is 4.81. The summed E-state index contributed by atoms with van der Waals surface area (Å²) in [7, 11) is 1.50. The van der Waals surface area contributed by atoms with Crippen LogP contribution in [0.4, 0.5) is 0 Å². The highest BCUT2D eigenvalue weighted by Crippen LogP contribution is 2.35. The van der Waals surface area contributed by atoms with Gasteiger partial charge in [0.15, 0.2) is 0 Å². The predicted molar refractivity (Wildman–Crippen MR) is 64.9 cm³/mol. The summed E-state index contributed by atoms with van der Waals surface area (Å²) in [6.45, 7) is 5.50. The predicted octanol–water partition coefficient (Wildman–Crippen LogP) is -0.150. The van der Waals surface area contributed by atoms with E-state index in [1.807, 2.05) is 21.1 Å². The van der Waals surface area contributed by atoms with Crippen molar-refractivity contribution in [2.75, 3.05) is 34.3 Å². The van der Waals surface area contributed by atoms with Crippen LogP contribution in [0.25, 0.3) is 0 Å². The number of nitrogens with zero attached hydrogens (tertiary/aromatic N) is 1. The molecule has 7 nitrogen and oxygen atoms in total. The molecule has 0 heterocycles. The molecule has 8 heteroatoms. The highest BCUT2D eigenvalue weighted by Gasteiger charge is 2.15. The molecule has 0 aliphatic heterocycles. The monoisotopic (exact) mass is 269 g/mol. The summed E-state index contributed by atoms with van der Waals surface area (Å²) in [5.74, 6) is -0.435. The molecule has 0 aromatic carbocycles. The zero-order chi connectivity index (χ0) is 14.3. The fraction of sp³-hybridized carbons (Fsp3) is 0.667. The lowest BCUT2D eigenvalue weighted by Crippen LogP contribution is -2.37. The average molecular weight is 269 g/mol. The van der Waals surface area contributed by atoms with Gasteiger partial charge in [-0.2, -0.15) is 0 Å². The first kappa shape index (κ1) is 18.6. The molecule has 0 unspecified atom stereocenters. The van der Waals surface area contributed by atoms with Gasteiger partial charge >= 0.3 is 7.82 Å². The molecule has 0 fully saturated rings. The second-order valence-corrected chi connectivity index (χ2v) is 5.72. The summed E-state index contributed by atoms with van der Waals surface area (Å²) >= 11 is 0. The SMILES string of the molecule is C=C(C)C(N)=O.C[N+](C)(C)CCOP(=O)(O)O. The van der Waals surface area contributed by atoms with Crippen LogP contribution in [-0.4, -0.2) is 54.5 Å². The Labute approximate surface area is 102 Å². The second-order valence-electron chi connectivity index (χ2n) is 4.48. The largest absolute Gasteiger partial charge is 0.469 e. The summed E-state index contributed by atoms with van der Waals surface area (Å²) in [5.41, 5.74) is 5.09. The number of rotatable bonds is 5. The van der Waals surface area contributed by atoms with Crippen molar-refractivity contribution in [3.8, 4) is 0 Å². The molecule has 0 bridgehead atoms. The first-order chi connectivity index (χ1) is 7.35. The molecule has 0 aliphatic rings. The Hall–Kier alpha value is -0.720. The van der Waals surface area contributed by atoms with Gasteiger partial charge < -0.3 is 20.0 Å². The topological polar surface area (TPSA) is 110 Å². The number of hydrogen-bond donors (Lipinski definition) is 3. The quantitative estimate of drug-likeness (QED) is 0.365. The summed E-state index contributed by atoms with van der Waals surface area (Å²) < 4.78 is 15.1. The lowest BCUT2D eigenvalue weighted by atomic mass is 10.3. The van der Waals surface area contributed by atoms with Crippen molar-refractivity contribution in [3.05, 3.63) is 12.2 Å². The summed E-state index contributed by atoms with van der Waals surface area (Å²) in [5, 5.41) is 0. The highest BCUT2D eigenvalue weighted by atomic mass is 31.2. The number of phosphoric acid groups is 1. The molecule has 0 aromatic rings. The summed E-state index contributed by atoms with van der Waals surface area (Å²) in [4.78, 5) is 26.4. The van der Waals surface area contributed by atoms with Crippen LogP contribution in [0, 0.1) is 0 Å². The number of hydrogen-bond acceptors (Lipinski definition) is 3. The van der Waals surface area contributed by atoms with Crippen molar-refractivity contribution < 1.29 is 28.2 Å². The minimum Gasteiger partial charge on any atom is -0.366 e. The van der Waals surface area contributed by atoms with Crippen LogP contribution >= 0.6 is 7.82 Å². The van der Waals surface area contributed by atoms with E-state index in [0.29, 0.717) is 16.6 Å². The van der Waals surface area contributed by atoms with Crippen molar-refractivity contribution in [3.63, 3.8) is 0 Å². The summed E-state index contributed by atoms with van der Waals surface area (Å²) in [6.07, 6.45) is 0. The molecular weight excluding hydrogens is 247 g/mol. The van der Waals surface area contributed by atoms with Crippen molar-refractivity contribution >= 4 is 13.7 Å². The zero-order valence-electron chi connectivity index (χ0n) is 10.7. The maximum atomic E-state index is 10.2. The molecule has 0 saturated carbocycles. The van der Waals surface area contributed by atoms with Crippen LogP contribution in [-0.2, 0) is 13.9 Å². The van der Waals surface area contributed by atoms with Crippen LogP contribution in [0.15, 0.2) is 12.2 Å². The second kappa shape index (κ2) is 7.58. The number of carbonyl (C=O) groups is 1. The van der Waals surface area contributed by atoms with Crippen molar-refractivity contribution in [1.82, 2.24) is 0 Å². The molecular formula is C9H22N2O5P+. The lowest BCUT2D eigenvalue weighted by molar-refractivity contribution is -0.870. The van der Waals surface area contributed by atoms with E-state index in [0.717, 1.165) is 0 Å². The third-order valence-electron chi connectivity index (χ3n) is 1.44. The van der Waals surface area contributed by atoms with Crippen LogP contribution in [0.5, 0.6) is 0 Å². The van der Waals surface area contributed by atoms with Gasteiger partial charge in [-0.1, -0.05) is 6.58 Å². The molecule has 4 N–H and O–H groups in total. The van der Waals surface area contributed by atoms with Crippen LogP contribution < -0.4 is 5.73 Å². The number of amides is 1. The van der Waals surface area contributed by atoms with E-state index in [1.165, 1.54) is 0 Å². The third kappa shape index (κ3) is 21.2. The van der Waals surface area contributed by atoms with Gasteiger partial charge in [-0.15, -0.1) is 0 Å². The standard InChI is InChI=1S/C5H14NO4P.C4H7NO/c1-6(2,3)4-5-10-11(7,8)9;1-3(2)4(5)6/h4-5H2,1-3H3,(H-,7,8,9);1H2,2H3,(H2,5,6)/p+1. The molecule has 0 aromatic heterocycles. The zero-order valence-corrected chi connectivity index (χ0v) is 11.6. The van der Waals surface area contributed by atoms with Gasteiger partial charge in [0.25, 0.3) is 0 Å². The number of primary amides is 1. The first-order valence-corrected chi connectivity index (χ1v) is 6.34. The Bertz CT molecular complexity index is 293. The van der Waals surface area contributed by atoms with E-state index < -0.39 is 13.7 Å². The van der Waals surface area contributed by atoms with Crippen LogP contribution in [0.1, 0.15) is 6.92 Å². The van der Waals surface area contributed by atoms with Crippen molar-refractivity contribution in [1.29, 1.82) is 0 Å². The maximum Gasteiger partial charge on any atom is 0.469 e. The van der Waals surface area contributed by atoms with Crippen LogP contribution in [0.3, 0.4) is 0 Å². The smallest absolute Gasteiger partial charge is 0.366 e. The minimum atomic E-state index is -4.26. The van der Waals surface area contributed by atoms with Gasteiger partial charge in [0.1, 0.15) is 13.2 Å². The molecule has 0 aliphatic carbocycles. The van der Waals surface area contributed by atoms with E-state index in [9.17, 15) is 9.36 Å². The Morgan fingerprint density at radius 2 is 1.76 bits per heavy atom. The molecule has 0 saturated heterocycles. The number of likely N-dealkylation sites (N-methyl/N-ethyl adjacent to an activating group) is 1. The molecule has 0 spiro atoms. The van der Waals surface area contributed by atoms with Gasteiger partial charge in [0.05, 0.1) is 21.1 Å². The van der Waals surface area contributed by atoms with E-state index in [1.54, 1.807) is 6.92 Å². The lowest BCUT2D eigenvalue weighted by Gasteiger charge is -2.23. The minimum absolute atomic E-state index is 0.0772. The molecule has 102 valence electrons. The van der Waals surface area contributed by atoms with E-state index in [-0.39, 0.29) is 6.61 Å². The number of carbonyl (C=O) groups excluding carboxylic acids is 1. The van der Waals surface area contributed by atoms with Gasteiger partial charge in [-0.3, -0.25) is 9.32 Å². The third-order valence-corrected chi connectivity index (χ3v) is 1.96. The Kier molecular flexibility index (Phi) is 8.31. The Morgan fingerprint density at radius 1 is 1.41 bits per heavy atom. The van der Waals surface area contributed by atoms with Gasteiger partial charge in [0.2, 0.25) is 5.91 Å². The fourth-order valence-corrected chi connectivity index (χ4v) is 0.753. The average Bonchev–Trinajstić information content (AvgIpc) is 1.99. The number of nitrogens with two attached hydrogens (primary N) is 1. The molecule has 0 rings (SSSR count). The summed E-state index contributed by atoms with van der Waals surface area (Å²) in [6, 6.07) is 0. The van der Waals surface area contributed by atoms with Crippen LogP contribution in [0.2, 0.25) is 0 Å². The number of phosphoric ester groups is 1. The normalized spacial score (nSPS) is 11.4. The molecule has 17 heavy (non-hydrogen) atoms. The van der Waals surface area contributed by atoms with Gasteiger partial charge in [-0.25, -0.2) is 4.57 Å². The molecule has 0 radical (unpaired) electrons. The fourth-order valence-electron chi connectivity index (χ4n) is 0.434. The van der Waals surface area contributed by atoms with E-state index in [4.69, 9.17) is 15.5 Å². The molecule has 0 atom stereocenters. The Balaban J connectivity index is 0. The highest BCUT2D eigenvalue weighted by molar-refractivity contribution is 7.46. The van der Waals surface area contributed by atoms with Gasteiger partial charge in [-0.05, 0) is 6.92 Å². The van der Waals surface area contributed by atoms with E-state index in [2.05, 4.69) is 11.1 Å². The Morgan fingerprint density at radius 3 is 1.94 bits per heavy atom.